The van der Waals surface area contributed by atoms with E-state index in [1.165, 1.54) is 5.56 Å². The Kier molecular flexibility index (Phi) is 9.35. The van der Waals surface area contributed by atoms with Crippen molar-refractivity contribution in [2.75, 3.05) is 13.1 Å². The number of hydrogen-bond donors (Lipinski definition) is 2. The number of guanidine groups is 1. The van der Waals surface area contributed by atoms with Crippen molar-refractivity contribution in [3.8, 4) is 0 Å². The first-order valence-corrected chi connectivity index (χ1v) is 10.2. The van der Waals surface area contributed by atoms with Gasteiger partial charge in [-0.2, -0.15) is 0 Å². The van der Waals surface area contributed by atoms with Gasteiger partial charge in [0.25, 0.3) is 0 Å². The second-order valence-electron chi connectivity index (χ2n) is 7.77. The van der Waals surface area contributed by atoms with Crippen molar-refractivity contribution in [3.63, 3.8) is 0 Å². The maximum Gasteiger partial charge on any atom is 0.192 e. The number of halogens is 1. The maximum atomic E-state index is 4.82. The van der Waals surface area contributed by atoms with Gasteiger partial charge >= 0.3 is 0 Å². The van der Waals surface area contributed by atoms with Gasteiger partial charge in [-0.25, -0.2) is 4.99 Å². The monoisotopic (exact) mass is 511 g/mol. The lowest BCUT2D eigenvalue weighted by Crippen LogP contribution is -2.49. The zero-order valence-electron chi connectivity index (χ0n) is 17.9. The molecule has 1 fully saturated rings. The van der Waals surface area contributed by atoms with Crippen LogP contribution in [0.3, 0.4) is 0 Å². The Labute approximate surface area is 191 Å². The molecule has 2 N–H and O–H groups in total. The van der Waals surface area contributed by atoms with Crippen LogP contribution in [0.25, 0.3) is 0 Å². The molecule has 3 rings (SSSR count). The van der Waals surface area contributed by atoms with Crippen molar-refractivity contribution in [3.05, 3.63) is 47.5 Å². The Morgan fingerprint density at radius 3 is 2.45 bits per heavy atom. The third-order valence-electron chi connectivity index (χ3n) is 5.46. The number of nitrogens with zero attached hydrogens (tertiary/aromatic N) is 5. The van der Waals surface area contributed by atoms with Crippen LogP contribution in [0.15, 0.2) is 35.3 Å². The molecule has 160 valence electrons. The second kappa shape index (κ2) is 11.5. The molecule has 0 spiro atoms. The summed E-state index contributed by atoms with van der Waals surface area (Å²) in [6.45, 7) is 10.0. The molecular formula is C21H34IN7. The molecule has 1 saturated heterocycles. The first kappa shape index (κ1) is 23.6. The third-order valence-corrected chi connectivity index (χ3v) is 5.46. The van der Waals surface area contributed by atoms with Crippen molar-refractivity contribution in [2.45, 2.75) is 58.8 Å². The molecule has 0 radical (unpaired) electrons. The SMILES string of the molecule is Cc1nnc(CNC(=NCc2ccccc2)NC2CCN(C(C)C)CC2)n1C.I. The maximum absolute atomic E-state index is 4.82. The molecule has 0 amide bonds. The van der Waals surface area contributed by atoms with Gasteiger partial charge in [0.1, 0.15) is 5.82 Å². The van der Waals surface area contributed by atoms with Crippen molar-refractivity contribution in [1.29, 1.82) is 0 Å². The lowest BCUT2D eigenvalue weighted by molar-refractivity contribution is 0.167. The van der Waals surface area contributed by atoms with Gasteiger partial charge in [-0.05, 0) is 39.2 Å². The zero-order chi connectivity index (χ0) is 19.9. The fraction of sp³-hybridized carbons (Fsp3) is 0.571. The van der Waals surface area contributed by atoms with Gasteiger partial charge in [0.15, 0.2) is 11.8 Å². The summed E-state index contributed by atoms with van der Waals surface area (Å²) in [5.74, 6) is 2.66. The van der Waals surface area contributed by atoms with Gasteiger partial charge in [0, 0.05) is 32.2 Å². The van der Waals surface area contributed by atoms with E-state index in [-0.39, 0.29) is 24.0 Å². The summed E-state index contributed by atoms with van der Waals surface area (Å²) >= 11 is 0. The predicted molar refractivity (Wildman–Crippen MR) is 128 cm³/mol. The van der Waals surface area contributed by atoms with Gasteiger partial charge in [-0.1, -0.05) is 30.3 Å². The molecule has 2 aromatic rings. The van der Waals surface area contributed by atoms with Crippen LogP contribution in [0.4, 0.5) is 0 Å². The minimum absolute atomic E-state index is 0. The highest BCUT2D eigenvalue weighted by Crippen LogP contribution is 2.13. The molecule has 1 aromatic heterocycles. The molecule has 7 nitrogen and oxygen atoms in total. The smallest absolute Gasteiger partial charge is 0.192 e. The number of aliphatic imine (C=N–C) groups is 1. The van der Waals surface area contributed by atoms with Crippen molar-refractivity contribution in [2.24, 2.45) is 12.0 Å². The van der Waals surface area contributed by atoms with Gasteiger partial charge in [0.05, 0.1) is 13.1 Å². The average molecular weight is 511 g/mol. The quantitative estimate of drug-likeness (QED) is 0.355. The largest absolute Gasteiger partial charge is 0.354 e. The summed E-state index contributed by atoms with van der Waals surface area (Å²) in [6.07, 6.45) is 2.26. The van der Waals surface area contributed by atoms with Crippen LogP contribution >= 0.6 is 24.0 Å². The van der Waals surface area contributed by atoms with E-state index in [0.29, 0.717) is 25.2 Å². The normalized spacial score (nSPS) is 16.0. The summed E-state index contributed by atoms with van der Waals surface area (Å²) in [6, 6.07) is 11.4. The summed E-state index contributed by atoms with van der Waals surface area (Å²) < 4.78 is 2.00. The minimum Gasteiger partial charge on any atom is -0.354 e. The Morgan fingerprint density at radius 1 is 1.17 bits per heavy atom. The molecule has 0 saturated carbocycles. The minimum atomic E-state index is 0. The van der Waals surface area contributed by atoms with Gasteiger partial charge in [0.2, 0.25) is 0 Å². The Hall–Kier alpha value is -1.68. The van der Waals surface area contributed by atoms with E-state index in [4.69, 9.17) is 4.99 Å². The van der Waals surface area contributed by atoms with Crippen LogP contribution in [0.1, 0.15) is 43.9 Å². The summed E-state index contributed by atoms with van der Waals surface area (Å²) in [4.78, 5) is 7.35. The molecule has 8 heteroatoms. The van der Waals surface area contributed by atoms with Crippen LogP contribution in [0.5, 0.6) is 0 Å². The van der Waals surface area contributed by atoms with Crippen LogP contribution in [-0.2, 0) is 20.1 Å². The number of likely N-dealkylation sites (tertiary alicyclic amines) is 1. The average Bonchev–Trinajstić information content (AvgIpc) is 3.03. The highest BCUT2D eigenvalue weighted by atomic mass is 127. The van der Waals surface area contributed by atoms with Crippen molar-refractivity contribution >= 4 is 29.9 Å². The number of hydrogen-bond acceptors (Lipinski definition) is 4. The van der Waals surface area contributed by atoms with E-state index in [2.05, 4.69) is 63.8 Å². The number of rotatable bonds is 6. The first-order valence-electron chi connectivity index (χ1n) is 10.2. The summed E-state index contributed by atoms with van der Waals surface area (Å²) in [7, 11) is 1.99. The molecule has 1 aliphatic heterocycles. The highest BCUT2D eigenvalue weighted by Gasteiger charge is 2.21. The van der Waals surface area contributed by atoms with E-state index in [0.717, 1.165) is 43.5 Å². The lowest BCUT2D eigenvalue weighted by atomic mass is 10.0. The van der Waals surface area contributed by atoms with E-state index < -0.39 is 0 Å². The van der Waals surface area contributed by atoms with Gasteiger partial charge < -0.3 is 20.1 Å². The molecule has 1 aliphatic rings. The Bertz CT molecular complexity index is 765. The fourth-order valence-electron chi connectivity index (χ4n) is 3.43. The van der Waals surface area contributed by atoms with Crippen LogP contribution < -0.4 is 10.6 Å². The summed E-state index contributed by atoms with van der Waals surface area (Å²) in [5.41, 5.74) is 1.20. The van der Waals surface area contributed by atoms with E-state index in [1.807, 2.05) is 24.6 Å². The third kappa shape index (κ3) is 6.95. The fourth-order valence-corrected chi connectivity index (χ4v) is 3.43. The Balaban J connectivity index is 0.00000300. The molecule has 0 aliphatic carbocycles. The van der Waals surface area contributed by atoms with Crippen molar-refractivity contribution < 1.29 is 0 Å². The number of aryl methyl sites for hydroxylation is 1. The van der Waals surface area contributed by atoms with Gasteiger partial charge in [-0.15, -0.1) is 34.2 Å². The Morgan fingerprint density at radius 2 is 1.86 bits per heavy atom. The molecule has 0 bridgehead atoms. The van der Waals surface area contributed by atoms with Crippen LogP contribution in [0, 0.1) is 6.92 Å². The number of nitrogens with one attached hydrogen (secondary N) is 2. The molecule has 1 aromatic carbocycles. The highest BCUT2D eigenvalue weighted by molar-refractivity contribution is 14.0. The molecular weight excluding hydrogens is 477 g/mol. The van der Waals surface area contributed by atoms with E-state index in [9.17, 15) is 0 Å². The number of piperidine rings is 1. The molecule has 2 heterocycles. The van der Waals surface area contributed by atoms with Crippen molar-refractivity contribution in [1.82, 2.24) is 30.3 Å². The lowest BCUT2D eigenvalue weighted by Gasteiger charge is -2.35. The van der Waals surface area contributed by atoms with Gasteiger partial charge in [-0.3, -0.25) is 0 Å². The topological polar surface area (TPSA) is 70.4 Å². The van der Waals surface area contributed by atoms with E-state index >= 15 is 0 Å². The molecule has 0 atom stereocenters. The molecule has 0 unspecified atom stereocenters. The first-order chi connectivity index (χ1) is 13.5. The zero-order valence-corrected chi connectivity index (χ0v) is 20.3. The summed E-state index contributed by atoms with van der Waals surface area (Å²) in [5, 5.41) is 15.5. The van der Waals surface area contributed by atoms with E-state index in [1.54, 1.807) is 0 Å². The predicted octanol–water partition coefficient (Wildman–Crippen LogP) is 2.85. The second-order valence-corrected chi connectivity index (χ2v) is 7.77. The van der Waals surface area contributed by atoms with Crippen LogP contribution in [-0.4, -0.2) is 50.8 Å². The molecule has 29 heavy (non-hydrogen) atoms. The number of aromatic nitrogens is 3. The van der Waals surface area contributed by atoms with Crippen LogP contribution in [0.2, 0.25) is 0 Å². The number of benzene rings is 1. The standard InChI is InChI=1S/C21H33N7.HI/c1-16(2)28-12-10-19(11-13-28)24-21(22-14-18-8-6-5-7-9-18)23-15-20-26-25-17(3)27(20)4;/h5-9,16,19H,10-15H2,1-4H3,(H2,22,23,24);1H.